The minimum Gasteiger partial charge on any atom is -0.328 e. The Labute approximate surface area is 120 Å². The summed E-state index contributed by atoms with van der Waals surface area (Å²) >= 11 is 0. The minimum atomic E-state index is -0.684. The van der Waals surface area contributed by atoms with Crippen molar-refractivity contribution in [1.29, 1.82) is 0 Å². The molecule has 0 unspecified atom stereocenters. The van der Waals surface area contributed by atoms with Crippen LogP contribution >= 0.6 is 0 Å². The molecule has 21 heavy (non-hydrogen) atoms. The molecule has 1 aromatic heterocycles. The number of pyridine rings is 1. The van der Waals surface area contributed by atoms with Crippen molar-refractivity contribution >= 4 is 11.6 Å². The maximum absolute atomic E-state index is 13.9. The lowest BCUT2D eigenvalue weighted by Crippen LogP contribution is -2.22. The highest BCUT2D eigenvalue weighted by molar-refractivity contribution is 6.04. The molecule has 1 amide bonds. The number of carbonyl (C=O) groups is 1. The van der Waals surface area contributed by atoms with E-state index in [2.05, 4.69) is 22.1 Å². The van der Waals surface area contributed by atoms with Crippen molar-refractivity contribution in [1.82, 2.24) is 4.98 Å². The summed E-state index contributed by atoms with van der Waals surface area (Å²) in [7, 11) is 0. The quantitative estimate of drug-likeness (QED) is 0.721. The average molecular weight is 285 g/mol. The van der Waals surface area contributed by atoms with Crippen molar-refractivity contribution in [3.63, 3.8) is 0 Å². The van der Waals surface area contributed by atoms with Crippen LogP contribution in [0.15, 0.2) is 41.3 Å². The van der Waals surface area contributed by atoms with Gasteiger partial charge in [-0.3, -0.25) is 9.59 Å². The number of H-pyrrole nitrogens is 1. The first kappa shape index (κ1) is 14.5. The van der Waals surface area contributed by atoms with Gasteiger partial charge in [0.2, 0.25) is 0 Å². The first-order valence-electron chi connectivity index (χ1n) is 6.09. The van der Waals surface area contributed by atoms with Crippen molar-refractivity contribution in [2.75, 3.05) is 11.9 Å². The maximum atomic E-state index is 13.9. The van der Waals surface area contributed by atoms with Crippen molar-refractivity contribution in [2.24, 2.45) is 5.73 Å². The second-order valence-electron chi connectivity index (χ2n) is 4.07. The number of nitrogens with two attached hydrogens (primary N) is 1. The topological polar surface area (TPSA) is 88.0 Å². The van der Waals surface area contributed by atoms with Gasteiger partial charge >= 0.3 is 0 Å². The van der Waals surface area contributed by atoms with Crippen LogP contribution in [0, 0.1) is 17.7 Å². The Balaban J connectivity index is 2.22. The van der Waals surface area contributed by atoms with Crippen molar-refractivity contribution in [3.8, 4) is 11.8 Å². The molecule has 0 saturated heterocycles. The van der Waals surface area contributed by atoms with E-state index < -0.39 is 17.3 Å². The fourth-order valence-corrected chi connectivity index (χ4v) is 1.64. The Morgan fingerprint density at radius 1 is 1.38 bits per heavy atom. The lowest BCUT2D eigenvalue weighted by Gasteiger charge is -2.06. The van der Waals surface area contributed by atoms with Crippen LogP contribution in [-0.2, 0) is 0 Å². The molecule has 0 fully saturated rings. The summed E-state index contributed by atoms with van der Waals surface area (Å²) in [6.45, 7) is 0.177. The third-order valence-electron chi connectivity index (χ3n) is 2.61. The van der Waals surface area contributed by atoms with Crippen LogP contribution < -0.4 is 16.6 Å². The van der Waals surface area contributed by atoms with Gasteiger partial charge in [0.15, 0.2) is 0 Å². The monoisotopic (exact) mass is 285 g/mol. The zero-order valence-corrected chi connectivity index (χ0v) is 10.9. The summed E-state index contributed by atoms with van der Waals surface area (Å²) < 4.78 is 13.9. The zero-order chi connectivity index (χ0) is 15.2. The molecule has 0 spiro atoms. The summed E-state index contributed by atoms with van der Waals surface area (Å²) in [6.07, 6.45) is 1.41. The third-order valence-corrected chi connectivity index (χ3v) is 2.61. The van der Waals surface area contributed by atoms with Gasteiger partial charge in [-0.15, -0.1) is 0 Å². The van der Waals surface area contributed by atoms with Crippen LogP contribution in [0.25, 0.3) is 0 Å². The molecular weight excluding hydrogens is 273 g/mol. The second kappa shape index (κ2) is 6.50. The summed E-state index contributed by atoms with van der Waals surface area (Å²) in [5, 5.41) is 2.34. The Hall–Kier alpha value is -2.91. The van der Waals surface area contributed by atoms with Crippen molar-refractivity contribution < 1.29 is 9.18 Å². The van der Waals surface area contributed by atoms with Crippen LogP contribution in [0.1, 0.15) is 15.9 Å². The van der Waals surface area contributed by atoms with Crippen LogP contribution in [0.3, 0.4) is 0 Å². The number of aromatic amines is 1. The van der Waals surface area contributed by atoms with E-state index in [1.165, 1.54) is 30.5 Å². The lowest BCUT2D eigenvalue weighted by molar-refractivity contribution is 0.102. The second-order valence-corrected chi connectivity index (χ2v) is 4.07. The molecule has 1 aromatic carbocycles. The average Bonchev–Trinajstić information content (AvgIpc) is 2.48. The summed E-state index contributed by atoms with van der Waals surface area (Å²) in [6, 6.07) is 6.99. The van der Waals surface area contributed by atoms with Crippen LogP contribution in [0.4, 0.5) is 10.1 Å². The van der Waals surface area contributed by atoms with Gasteiger partial charge in [-0.05, 0) is 30.3 Å². The molecule has 1 heterocycles. The SMILES string of the molecule is NCC#Cc1ccc(NC(=O)c2ccc[nH]c2=O)c(F)c1. The summed E-state index contributed by atoms with van der Waals surface area (Å²) in [5.41, 5.74) is 5.02. The number of hydrogen-bond acceptors (Lipinski definition) is 3. The molecule has 106 valence electrons. The number of aromatic nitrogens is 1. The van der Waals surface area contributed by atoms with E-state index in [0.717, 1.165) is 0 Å². The van der Waals surface area contributed by atoms with E-state index in [-0.39, 0.29) is 17.8 Å². The highest BCUT2D eigenvalue weighted by Gasteiger charge is 2.12. The smallest absolute Gasteiger partial charge is 0.261 e. The van der Waals surface area contributed by atoms with Crippen LogP contribution in [0.2, 0.25) is 0 Å². The van der Waals surface area contributed by atoms with Gasteiger partial charge in [-0.1, -0.05) is 11.8 Å². The van der Waals surface area contributed by atoms with Gasteiger partial charge in [0.25, 0.3) is 11.5 Å². The molecule has 2 aromatic rings. The van der Waals surface area contributed by atoms with Gasteiger partial charge in [0, 0.05) is 11.8 Å². The predicted octanol–water partition coefficient (Wildman–Crippen LogP) is 1.08. The number of halogens is 1. The third kappa shape index (κ3) is 3.55. The van der Waals surface area contributed by atoms with E-state index in [4.69, 9.17) is 5.73 Å². The van der Waals surface area contributed by atoms with Gasteiger partial charge in [0.1, 0.15) is 11.4 Å². The maximum Gasteiger partial charge on any atom is 0.261 e. The zero-order valence-electron chi connectivity index (χ0n) is 10.9. The molecule has 0 aliphatic carbocycles. The Morgan fingerprint density at radius 3 is 2.86 bits per heavy atom. The molecule has 0 radical (unpaired) electrons. The number of benzene rings is 1. The normalized spacial score (nSPS) is 9.62. The molecular formula is C15H12FN3O2. The van der Waals surface area contributed by atoms with E-state index in [1.807, 2.05) is 0 Å². The number of nitrogens with one attached hydrogen (secondary N) is 2. The number of anilines is 1. The fraction of sp³-hybridized carbons (Fsp3) is 0.0667. The van der Waals surface area contributed by atoms with Gasteiger partial charge in [-0.25, -0.2) is 4.39 Å². The van der Waals surface area contributed by atoms with Crippen molar-refractivity contribution in [3.05, 3.63) is 63.8 Å². The number of amides is 1. The molecule has 0 bridgehead atoms. The Morgan fingerprint density at radius 2 is 2.19 bits per heavy atom. The lowest BCUT2D eigenvalue weighted by atomic mass is 10.2. The van der Waals surface area contributed by atoms with E-state index in [0.29, 0.717) is 5.56 Å². The summed E-state index contributed by atoms with van der Waals surface area (Å²) in [5.74, 6) is 3.96. The van der Waals surface area contributed by atoms with E-state index in [1.54, 1.807) is 6.07 Å². The Bertz CT molecular complexity index is 787. The molecule has 6 heteroatoms. The number of hydrogen-bond donors (Lipinski definition) is 3. The first-order valence-corrected chi connectivity index (χ1v) is 6.09. The highest BCUT2D eigenvalue weighted by Crippen LogP contribution is 2.16. The molecule has 0 aliphatic heterocycles. The van der Waals surface area contributed by atoms with Crippen LogP contribution in [0.5, 0.6) is 0 Å². The van der Waals surface area contributed by atoms with Crippen LogP contribution in [-0.4, -0.2) is 17.4 Å². The predicted molar refractivity (Wildman–Crippen MR) is 77.3 cm³/mol. The molecule has 0 atom stereocenters. The molecule has 5 nitrogen and oxygen atoms in total. The van der Waals surface area contributed by atoms with Crippen molar-refractivity contribution in [2.45, 2.75) is 0 Å². The number of rotatable bonds is 2. The highest BCUT2D eigenvalue weighted by atomic mass is 19.1. The fourth-order valence-electron chi connectivity index (χ4n) is 1.64. The molecule has 0 saturated carbocycles. The largest absolute Gasteiger partial charge is 0.328 e. The molecule has 2 rings (SSSR count). The van der Waals surface area contributed by atoms with Gasteiger partial charge in [-0.2, -0.15) is 0 Å². The number of carbonyl (C=O) groups excluding carboxylic acids is 1. The standard InChI is InChI=1S/C15H12FN3O2/c16-12-9-10(3-1-7-17)5-6-13(12)19-15(21)11-4-2-8-18-14(11)20/h2,4-6,8-9H,7,17H2,(H,18,20)(H,19,21). The van der Waals surface area contributed by atoms with E-state index in [9.17, 15) is 14.0 Å². The van der Waals surface area contributed by atoms with Gasteiger partial charge in [0.05, 0.1) is 12.2 Å². The minimum absolute atomic E-state index is 0.0263. The Kier molecular flexibility index (Phi) is 4.49. The molecule has 0 aliphatic rings. The molecule has 4 N–H and O–H groups in total. The summed E-state index contributed by atoms with van der Waals surface area (Å²) in [4.78, 5) is 25.7. The first-order chi connectivity index (χ1) is 10.1. The van der Waals surface area contributed by atoms with E-state index >= 15 is 0 Å². The van der Waals surface area contributed by atoms with Gasteiger partial charge < -0.3 is 16.0 Å².